The quantitative estimate of drug-likeness (QED) is 0.387. The Morgan fingerprint density at radius 3 is 2.65 bits per heavy atom. The summed E-state index contributed by atoms with van der Waals surface area (Å²) in [7, 11) is 1.63. The maximum absolute atomic E-state index is 12.2. The van der Waals surface area contributed by atoms with Crippen molar-refractivity contribution < 1.29 is 19.1 Å². The van der Waals surface area contributed by atoms with Crippen LogP contribution in [0.5, 0.6) is 5.75 Å². The highest BCUT2D eigenvalue weighted by Gasteiger charge is 2.29. The summed E-state index contributed by atoms with van der Waals surface area (Å²) in [5.41, 5.74) is 1.30. The standard InChI is InChI=1S/C22H29N5O4/c1-14-25-26-21-20(24-17-13-16(30-5)10-11-18(17)27(14)21)23-12-8-6-7-9-19(29)22(3,4)31-15(2)28/h10-11,13H,6-9,12H2,1-5H3,(H,23,24). The summed E-state index contributed by atoms with van der Waals surface area (Å²) < 4.78 is 12.4. The number of fused-ring (bicyclic) bond motifs is 3. The van der Waals surface area contributed by atoms with Crippen molar-refractivity contribution in [2.24, 2.45) is 0 Å². The largest absolute Gasteiger partial charge is 0.497 e. The molecule has 0 aliphatic rings. The van der Waals surface area contributed by atoms with Crippen LogP contribution in [0.1, 0.15) is 52.3 Å². The number of aryl methyl sites for hydroxylation is 1. The monoisotopic (exact) mass is 427 g/mol. The van der Waals surface area contributed by atoms with Crippen LogP contribution in [0.3, 0.4) is 0 Å². The average Bonchev–Trinajstić information content (AvgIpc) is 3.11. The summed E-state index contributed by atoms with van der Waals surface area (Å²) in [6, 6.07) is 5.72. The van der Waals surface area contributed by atoms with Gasteiger partial charge in [0, 0.05) is 26.0 Å². The Balaban J connectivity index is 1.60. The van der Waals surface area contributed by atoms with Crippen molar-refractivity contribution in [2.45, 2.75) is 59.0 Å². The Morgan fingerprint density at radius 1 is 1.16 bits per heavy atom. The summed E-state index contributed by atoms with van der Waals surface area (Å²) in [5, 5.41) is 11.8. The Kier molecular flexibility index (Phi) is 6.72. The minimum Gasteiger partial charge on any atom is -0.497 e. The van der Waals surface area contributed by atoms with Crippen molar-refractivity contribution in [3.05, 3.63) is 24.0 Å². The number of anilines is 1. The number of carbonyl (C=O) groups excluding carboxylic acids is 2. The number of hydrogen-bond donors (Lipinski definition) is 1. The van der Waals surface area contributed by atoms with Crippen molar-refractivity contribution in [1.82, 2.24) is 19.6 Å². The van der Waals surface area contributed by atoms with Crippen molar-refractivity contribution in [3.63, 3.8) is 0 Å². The van der Waals surface area contributed by atoms with Crippen LogP contribution in [-0.2, 0) is 14.3 Å². The fraction of sp³-hybridized carbons (Fsp3) is 0.500. The number of rotatable bonds is 10. The molecule has 2 aromatic heterocycles. The number of carbonyl (C=O) groups is 2. The summed E-state index contributed by atoms with van der Waals surface area (Å²) in [4.78, 5) is 28.1. The number of hydrogen-bond acceptors (Lipinski definition) is 8. The first kappa shape index (κ1) is 22.5. The molecular formula is C22H29N5O4. The van der Waals surface area contributed by atoms with Crippen LogP contribution in [0.4, 0.5) is 5.82 Å². The summed E-state index contributed by atoms with van der Waals surface area (Å²) in [5.74, 6) is 1.66. The van der Waals surface area contributed by atoms with E-state index < -0.39 is 11.6 Å². The lowest BCUT2D eigenvalue weighted by atomic mass is 9.98. The van der Waals surface area contributed by atoms with Gasteiger partial charge in [-0.15, -0.1) is 10.2 Å². The van der Waals surface area contributed by atoms with Crippen molar-refractivity contribution in [2.75, 3.05) is 19.0 Å². The first-order valence-corrected chi connectivity index (χ1v) is 10.4. The number of methoxy groups -OCH3 is 1. The molecule has 0 unspecified atom stereocenters. The van der Waals surface area contributed by atoms with Crippen molar-refractivity contribution in [1.29, 1.82) is 0 Å². The lowest BCUT2D eigenvalue weighted by Crippen LogP contribution is -2.36. The number of nitrogens with zero attached hydrogens (tertiary/aromatic N) is 4. The summed E-state index contributed by atoms with van der Waals surface area (Å²) in [6.45, 7) is 7.16. The van der Waals surface area contributed by atoms with Gasteiger partial charge in [0.15, 0.2) is 17.2 Å². The number of Topliss-reactive ketones (excluding diaryl/α,β-unsaturated/α-hetero) is 1. The number of nitrogens with one attached hydrogen (secondary N) is 1. The van der Waals surface area contributed by atoms with E-state index in [-0.39, 0.29) is 5.78 Å². The van der Waals surface area contributed by atoms with Gasteiger partial charge in [0.1, 0.15) is 11.6 Å². The number of esters is 1. The van der Waals surface area contributed by atoms with Crippen molar-refractivity contribution in [3.8, 4) is 5.75 Å². The molecule has 166 valence electrons. The molecule has 0 spiro atoms. The van der Waals surface area contributed by atoms with E-state index in [0.717, 1.165) is 41.9 Å². The van der Waals surface area contributed by atoms with E-state index in [0.29, 0.717) is 24.4 Å². The van der Waals surface area contributed by atoms with E-state index in [1.54, 1.807) is 21.0 Å². The third kappa shape index (κ3) is 5.10. The highest BCUT2D eigenvalue weighted by Crippen LogP contribution is 2.25. The highest BCUT2D eigenvalue weighted by molar-refractivity contribution is 5.88. The zero-order valence-electron chi connectivity index (χ0n) is 18.7. The van der Waals surface area contributed by atoms with Gasteiger partial charge < -0.3 is 14.8 Å². The van der Waals surface area contributed by atoms with E-state index in [1.165, 1.54) is 6.92 Å². The van der Waals surface area contributed by atoms with Crippen LogP contribution in [-0.4, -0.2) is 50.6 Å². The second kappa shape index (κ2) is 9.28. The maximum atomic E-state index is 12.2. The van der Waals surface area contributed by atoms with Crippen LogP contribution < -0.4 is 10.1 Å². The molecule has 0 fully saturated rings. The number of aromatic nitrogens is 4. The molecule has 1 N–H and O–H groups in total. The third-order valence-electron chi connectivity index (χ3n) is 5.14. The average molecular weight is 428 g/mol. The van der Waals surface area contributed by atoms with E-state index in [9.17, 15) is 9.59 Å². The summed E-state index contributed by atoms with van der Waals surface area (Å²) in [6.07, 6.45) is 2.83. The molecular weight excluding hydrogens is 398 g/mol. The second-order valence-electron chi connectivity index (χ2n) is 7.99. The van der Waals surface area contributed by atoms with Gasteiger partial charge in [-0.05, 0) is 45.7 Å². The molecule has 0 saturated carbocycles. The molecule has 31 heavy (non-hydrogen) atoms. The van der Waals surface area contributed by atoms with Gasteiger partial charge in [-0.3, -0.25) is 14.0 Å². The minimum absolute atomic E-state index is 0.0681. The Bertz CT molecular complexity index is 1110. The lowest BCUT2D eigenvalue weighted by Gasteiger charge is -2.22. The zero-order valence-corrected chi connectivity index (χ0v) is 18.7. The first-order valence-electron chi connectivity index (χ1n) is 10.4. The summed E-state index contributed by atoms with van der Waals surface area (Å²) >= 11 is 0. The maximum Gasteiger partial charge on any atom is 0.303 e. The minimum atomic E-state index is -1.07. The van der Waals surface area contributed by atoms with E-state index >= 15 is 0 Å². The SMILES string of the molecule is COc1ccc2c(c1)nc(NCCCCCC(=O)C(C)(C)OC(C)=O)c1nnc(C)n12. The fourth-order valence-corrected chi connectivity index (χ4v) is 3.51. The molecule has 0 bridgehead atoms. The highest BCUT2D eigenvalue weighted by atomic mass is 16.6. The van der Waals surface area contributed by atoms with Crippen molar-refractivity contribution >= 4 is 34.3 Å². The van der Waals surface area contributed by atoms with Gasteiger partial charge in [0.2, 0.25) is 5.65 Å². The molecule has 3 rings (SSSR count). The molecule has 2 heterocycles. The van der Waals surface area contributed by atoms with Gasteiger partial charge in [-0.1, -0.05) is 6.42 Å². The number of ketones is 1. The Morgan fingerprint density at radius 2 is 1.94 bits per heavy atom. The van der Waals surface area contributed by atoms with E-state index in [1.807, 2.05) is 29.5 Å². The van der Waals surface area contributed by atoms with Gasteiger partial charge in [-0.2, -0.15) is 0 Å². The number of benzene rings is 1. The van der Waals surface area contributed by atoms with Gasteiger partial charge in [0.25, 0.3) is 0 Å². The molecule has 9 nitrogen and oxygen atoms in total. The van der Waals surface area contributed by atoms with Crippen LogP contribution in [0, 0.1) is 6.92 Å². The lowest BCUT2D eigenvalue weighted by molar-refractivity contribution is -0.161. The van der Waals surface area contributed by atoms with Gasteiger partial charge in [-0.25, -0.2) is 4.98 Å². The molecule has 0 saturated heterocycles. The number of ether oxygens (including phenoxy) is 2. The van der Waals surface area contributed by atoms with Gasteiger partial charge >= 0.3 is 5.97 Å². The Labute approximate surface area is 181 Å². The van der Waals surface area contributed by atoms with Crippen LogP contribution in [0.15, 0.2) is 18.2 Å². The second-order valence-corrected chi connectivity index (χ2v) is 7.99. The molecule has 1 aromatic carbocycles. The normalized spacial score (nSPS) is 11.6. The molecule has 0 amide bonds. The predicted molar refractivity (Wildman–Crippen MR) is 117 cm³/mol. The van der Waals surface area contributed by atoms with Gasteiger partial charge in [0.05, 0.1) is 18.1 Å². The van der Waals surface area contributed by atoms with Crippen LogP contribution in [0.25, 0.3) is 16.7 Å². The topological polar surface area (TPSA) is 108 Å². The molecule has 0 aliphatic heterocycles. The van der Waals surface area contributed by atoms with E-state index in [2.05, 4.69) is 15.5 Å². The van der Waals surface area contributed by atoms with E-state index in [4.69, 9.17) is 14.5 Å². The first-order chi connectivity index (χ1) is 14.7. The van der Waals surface area contributed by atoms with Crippen LogP contribution in [0.2, 0.25) is 0 Å². The Hall–Kier alpha value is -3.23. The molecule has 3 aromatic rings. The fourth-order valence-electron chi connectivity index (χ4n) is 3.51. The molecule has 0 atom stereocenters. The molecule has 0 radical (unpaired) electrons. The number of unbranched alkanes of at least 4 members (excludes halogenated alkanes) is 2. The molecule has 0 aliphatic carbocycles. The third-order valence-corrected chi connectivity index (χ3v) is 5.14. The predicted octanol–water partition coefficient (Wildman–Crippen LogP) is 3.48. The smallest absolute Gasteiger partial charge is 0.303 e. The van der Waals surface area contributed by atoms with Crippen LogP contribution >= 0.6 is 0 Å². The zero-order chi connectivity index (χ0) is 22.6. The molecule has 9 heteroatoms.